The van der Waals surface area contributed by atoms with Gasteiger partial charge in [-0.3, -0.25) is 0 Å². The smallest absolute Gasteiger partial charge is 0.0604 e. The quantitative estimate of drug-likeness (QED) is 0.888. The van der Waals surface area contributed by atoms with E-state index in [0.29, 0.717) is 0 Å². The Morgan fingerprint density at radius 1 is 0.950 bits per heavy atom. The van der Waals surface area contributed by atoms with E-state index in [9.17, 15) is 0 Å². The minimum atomic E-state index is 1.11. The van der Waals surface area contributed by atoms with E-state index in [-0.39, 0.29) is 0 Å². The summed E-state index contributed by atoms with van der Waals surface area (Å²) in [7, 11) is 4.39. The Bertz CT molecular complexity index is 454. The molecule has 1 N–H and O–H groups in total. The molecular weight excluding hydrogens is 248 g/mol. The maximum Gasteiger partial charge on any atom is 0.0604 e. The largest absolute Gasteiger partial charge is 0.371 e. The Kier molecular flexibility index (Phi) is 4.13. The molecule has 2 aliphatic heterocycles. The van der Waals surface area contributed by atoms with Crippen molar-refractivity contribution in [3.05, 3.63) is 23.8 Å². The molecular formula is C16H26N4. The molecule has 2 heterocycles. The highest BCUT2D eigenvalue weighted by Crippen LogP contribution is 2.32. The van der Waals surface area contributed by atoms with Crippen LogP contribution in [-0.2, 0) is 6.42 Å². The summed E-state index contributed by atoms with van der Waals surface area (Å²) in [4.78, 5) is 7.30. The predicted molar refractivity (Wildman–Crippen MR) is 86.0 cm³/mol. The van der Waals surface area contributed by atoms with E-state index in [0.717, 1.165) is 32.6 Å². The van der Waals surface area contributed by atoms with Crippen LogP contribution in [0.1, 0.15) is 5.56 Å². The minimum Gasteiger partial charge on any atom is -0.371 e. The molecule has 1 aromatic rings. The summed E-state index contributed by atoms with van der Waals surface area (Å²) in [5.74, 6) is 0. The lowest BCUT2D eigenvalue weighted by Gasteiger charge is -2.35. The zero-order valence-corrected chi connectivity index (χ0v) is 12.7. The molecule has 0 unspecified atom stereocenters. The van der Waals surface area contributed by atoms with Crippen LogP contribution in [0.25, 0.3) is 0 Å². The first-order valence-corrected chi connectivity index (χ1v) is 7.72. The van der Waals surface area contributed by atoms with E-state index in [2.05, 4.69) is 52.3 Å². The standard InChI is InChI=1S/C16H26N4/c1-18-11-12-19(2)16-13-14(3-4-15(16)18)5-8-20-9-6-17-7-10-20/h3-4,13,17H,5-12H2,1-2H3. The van der Waals surface area contributed by atoms with Crippen molar-refractivity contribution in [2.24, 2.45) is 0 Å². The molecule has 0 radical (unpaired) electrons. The molecule has 0 atom stereocenters. The highest BCUT2D eigenvalue weighted by Gasteiger charge is 2.18. The highest BCUT2D eigenvalue weighted by molar-refractivity contribution is 5.73. The van der Waals surface area contributed by atoms with Crippen LogP contribution in [0.2, 0.25) is 0 Å². The number of nitrogens with zero attached hydrogens (tertiary/aromatic N) is 3. The Morgan fingerprint density at radius 2 is 1.65 bits per heavy atom. The van der Waals surface area contributed by atoms with E-state index in [1.165, 1.54) is 36.6 Å². The average molecular weight is 274 g/mol. The zero-order valence-electron chi connectivity index (χ0n) is 12.7. The molecule has 0 spiro atoms. The van der Waals surface area contributed by atoms with Crippen LogP contribution >= 0.6 is 0 Å². The third kappa shape index (κ3) is 2.91. The van der Waals surface area contributed by atoms with Crippen molar-refractivity contribution in [2.75, 3.05) is 69.7 Å². The van der Waals surface area contributed by atoms with Crippen LogP contribution in [-0.4, -0.2) is 64.8 Å². The lowest BCUT2D eigenvalue weighted by molar-refractivity contribution is 0.244. The Balaban J connectivity index is 1.67. The lowest BCUT2D eigenvalue weighted by atomic mass is 10.1. The second-order valence-corrected chi connectivity index (χ2v) is 6.01. The lowest BCUT2D eigenvalue weighted by Crippen LogP contribution is -2.44. The van der Waals surface area contributed by atoms with Gasteiger partial charge in [-0.2, -0.15) is 0 Å². The van der Waals surface area contributed by atoms with Crippen molar-refractivity contribution in [3.63, 3.8) is 0 Å². The molecule has 4 nitrogen and oxygen atoms in total. The first-order valence-electron chi connectivity index (χ1n) is 7.72. The van der Waals surface area contributed by atoms with E-state index < -0.39 is 0 Å². The summed E-state index contributed by atoms with van der Waals surface area (Å²) in [6.07, 6.45) is 1.16. The Morgan fingerprint density at radius 3 is 2.40 bits per heavy atom. The highest BCUT2D eigenvalue weighted by atomic mass is 15.2. The SMILES string of the molecule is CN1CCN(C)c2cc(CCN3CCNCC3)ccc21. The molecule has 20 heavy (non-hydrogen) atoms. The van der Waals surface area contributed by atoms with Gasteiger partial charge in [0.2, 0.25) is 0 Å². The Hall–Kier alpha value is -1.26. The third-order valence-electron chi connectivity index (χ3n) is 4.56. The number of benzene rings is 1. The summed E-state index contributed by atoms with van der Waals surface area (Å²) in [6, 6.07) is 6.97. The fourth-order valence-corrected chi connectivity index (χ4v) is 3.12. The second kappa shape index (κ2) is 6.02. The molecule has 0 bridgehead atoms. The van der Waals surface area contributed by atoms with Crippen LogP contribution in [0.15, 0.2) is 18.2 Å². The van der Waals surface area contributed by atoms with Crippen LogP contribution in [0.4, 0.5) is 11.4 Å². The van der Waals surface area contributed by atoms with Crippen molar-refractivity contribution in [3.8, 4) is 0 Å². The van der Waals surface area contributed by atoms with Crippen molar-refractivity contribution in [1.29, 1.82) is 0 Å². The van der Waals surface area contributed by atoms with Gasteiger partial charge in [0, 0.05) is 59.9 Å². The van der Waals surface area contributed by atoms with Gasteiger partial charge in [-0.05, 0) is 24.1 Å². The van der Waals surface area contributed by atoms with Gasteiger partial charge in [-0.25, -0.2) is 0 Å². The molecule has 110 valence electrons. The van der Waals surface area contributed by atoms with Crippen LogP contribution in [0.3, 0.4) is 0 Å². The van der Waals surface area contributed by atoms with Crippen LogP contribution in [0.5, 0.6) is 0 Å². The predicted octanol–water partition coefficient (Wildman–Crippen LogP) is 1.02. The number of nitrogens with one attached hydrogen (secondary N) is 1. The number of fused-ring (bicyclic) bond motifs is 1. The number of anilines is 2. The van der Waals surface area contributed by atoms with Crippen LogP contribution < -0.4 is 15.1 Å². The van der Waals surface area contributed by atoms with Crippen molar-refractivity contribution < 1.29 is 0 Å². The van der Waals surface area contributed by atoms with Gasteiger partial charge in [-0.15, -0.1) is 0 Å². The molecule has 0 saturated carbocycles. The van der Waals surface area contributed by atoms with Crippen LogP contribution in [0, 0.1) is 0 Å². The number of likely N-dealkylation sites (N-methyl/N-ethyl adjacent to an activating group) is 2. The molecule has 1 fully saturated rings. The van der Waals surface area contributed by atoms with Gasteiger partial charge < -0.3 is 20.0 Å². The topological polar surface area (TPSA) is 21.8 Å². The number of hydrogen-bond donors (Lipinski definition) is 1. The van der Waals surface area contributed by atoms with Gasteiger partial charge in [0.05, 0.1) is 11.4 Å². The van der Waals surface area contributed by atoms with E-state index in [1.807, 2.05) is 0 Å². The Labute approximate surface area is 122 Å². The number of hydrogen-bond acceptors (Lipinski definition) is 4. The van der Waals surface area contributed by atoms with Gasteiger partial charge in [0.1, 0.15) is 0 Å². The first kappa shape index (κ1) is 13.7. The molecule has 2 aliphatic rings. The molecule has 1 aromatic carbocycles. The molecule has 0 aromatic heterocycles. The van der Waals surface area contributed by atoms with Crippen molar-refractivity contribution in [2.45, 2.75) is 6.42 Å². The fourth-order valence-electron chi connectivity index (χ4n) is 3.12. The van der Waals surface area contributed by atoms with Crippen molar-refractivity contribution in [1.82, 2.24) is 10.2 Å². The molecule has 4 heteroatoms. The summed E-state index contributed by atoms with van der Waals surface area (Å²) < 4.78 is 0. The zero-order chi connectivity index (χ0) is 13.9. The van der Waals surface area contributed by atoms with Gasteiger partial charge in [0.25, 0.3) is 0 Å². The summed E-state index contributed by atoms with van der Waals surface area (Å²) >= 11 is 0. The molecule has 0 amide bonds. The monoisotopic (exact) mass is 274 g/mol. The number of rotatable bonds is 3. The van der Waals surface area contributed by atoms with E-state index >= 15 is 0 Å². The van der Waals surface area contributed by atoms with Gasteiger partial charge in [0.15, 0.2) is 0 Å². The van der Waals surface area contributed by atoms with Gasteiger partial charge in [-0.1, -0.05) is 6.07 Å². The van der Waals surface area contributed by atoms with Gasteiger partial charge >= 0.3 is 0 Å². The summed E-state index contributed by atoms with van der Waals surface area (Å²) in [5, 5.41) is 3.41. The average Bonchev–Trinajstić information content (AvgIpc) is 2.50. The maximum atomic E-state index is 3.41. The minimum absolute atomic E-state index is 1.11. The molecule has 1 saturated heterocycles. The first-order chi connectivity index (χ1) is 9.74. The fraction of sp³-hybridized carbons (Fsp3) is 0.625. The molecule has 0 aliphatic carbocycles. The van der Waals surface area contributed by atoms with E-state index in [1.54, 1.807) is 0 Å². The second-order valence-electron chi connectivity index (χ2n) is 6.01. The molecule has 3 rings (SSSR count). The maximum absolute atomic E-state index is 3.41. The van der Waals surface area contributed by atoms with Crippen molar-refractivity contribution >= 4 is 11.4 Å². The third-order valence-corrected chi connectivity index (χ3v) is 4.56. The normalized spacial score (nSPS) is 20.1. The number of piperazine rings is 1. The summed E-state index contributed by atoms with van der Waals surface area (Å²) in [5.41, 5.74) is 4.21. The van der Waals surface area contributed by atoms with E-state index in [4.69, 9.17) is 0 Å². The summed E-state index contributed by atoms with van der Waals surface area (Å²) in [6.45, 7) is 8.06.